The predicted octanol–water partition coefficient (Wildman–Crippen LogP) is 1.42. The molecule has 0 bridgehead atoms. The number of amides is 1. The van der Waals surface area contributed by atoms with Gasteiger partial charge in [0, 0.05) is 57.3 Å². The molecule has 1 aromatic carbocycles. The maximum Gasteiger partial charge on any atom is 0.261 e. The first-order chi connectivity index (χ1) is 16.2. The van der Waals surface area contributed by atoms with E-state index >= 15 is 0 Å². The average molecular weight is 485 g/mol. The number of sulfone groups is 1. The number of rotatable bonds is 6. The molecule has 11 heteroatoms. The number of aromatic nitrogens is 3. The zero-order chi connectivity index (χ0) is 24.0. The molecule has 1 saturated heterocycles. The van der Waals surface area contributed by atoms with Gasteiger partial charge in [0.15, 0.2) is 0 Å². The van der Waals surface area contributed by atoms with Crippen LogP contribution in [0.4, 0.5) is 5.69 Å². The molecule has 2 aliphatic heterocycles. The number of nitrogens with one attached hydrogen (secondary N) is 3. The second-order valence-electron chi connectivity index (χ2n) is 9.09. The number of pyridine rings is 1. The van der Waals surface area contributed by atoms with Crippen molar-refractivity contribution in [3.63, 3.8) is 0 Å². The number of benzene rings is 1. The van der Waals surface area contributed by atoms with E-state index in [9.17, 15) is 18.0 Å². The number of imidazole rings is 1. The molecule has 1 fully saturated rings. The minimum atomic E-state index is -2.98. The average Bonchev–Trinajstić information content (AvgIpc) is 3.36. The van der Waals surface area contributed by atoms with Gasteiger partial charge in [0.2, 0.25) is 0 Å². The highest BCUT2D eigenvalue weighted by atomic mass is 32.2. The van der Waals surface area contributed by atoms with E-state index in [1.807, 2.05) is 17.0 Å². The number of aromatic amines is 2. The van der Waals surface area contributed by atoms with Gasteiger partial charge >= 0.3 is 0 Å². The monoisotopic (exact) mass is 484 g/mol. The van der Waals surface area contributed by atoms with Gasteiger partial charge < -0.3 is 25.1 Å². The molecular weight excluding hydrogens is 456 g/mol. The molecular formula is C23H28N6O4S. The minimum Gasteiger partial charge on any atom is -0.387 e. The molecule has 0 saturated carbocycles. The van der Waals surface area contributed by atoms with Crippen molar-refractivity contribution in [2.24, 2.45) is 0 Å². The Kier molecular flexibility index (Phi) is 5.68. The van der Waals surface area contributed by atoms with Crippen LogP contribution in [0.15, 0.2) is 29.2 Å². The zero-order valence-corrected chi connectivity index (χ0v) is 20.0. The molecule has 3 aromatic rings. The third kappa shape index (κ3) is 4.21. The van der Waals surface area contributed by atoms with Crippen molar-refractivity contribution < 1.29 is 13.2 Å². The number of carbonyl (C=O) groups is 1. The second-order valence-corrected chi connectivity index (χ2v) is 11.4. The van der Waals surface area contributed by atoms with Crippen LogP contribution >= 0.6 is 0 Å². The van der Waals surface area contributed by atoms with Crippen molar-refractivity contribution in [3.05, 3.63) is 45.9 Å². The Bertz CT molecular complexity index is 1420. The van der Waals surface area contributed by atoms with E-state index in [2.05, 4.69) is 25.2 Å². The molecule has 4 heterocycles. The summed E-state index contributed by atoms with van der Waals surface area (Å²) in [5, 5.41) is 3.02. The third-order valence-corrected chi connectivity index (χ3v) is 7.71. The summed E-state index contributed by atoms with van der Waals surface area (Å²) in [6, 6.07) is 5.68. The number of nitrogens with zero attached hydrogens (tertiary/aromatic N) is 3. The van der Waals surface area contributed by atoms with Crippen LogP contribution in [-0.2, 0) is 16.4 Å². The second kappa shape index (κ2) is 8.55. The number of carbonyl (C=O) groups excluding carboxylic acids is 1. The predicted molar refractivity (Wildman–Crippen MR) is 131 cm³/mol. The van der Waals surface area contributed by atoms with Crippen molar-refractivity contribution in [2.75, 3.05) is 44.0 Å². The van der Waals surface area contributed by atoms with Crippen LogP contribution in [0.2, 0.25) is 0 Å². The molecule has 0 atom stereocenters. The topological polar surface area (TPSA) is 131 Å². The van der Waals surface area contributed by atoms with Gasteiger partial charge in [0.25, 0.3) is 11.5 Å². The van der Waals surface area contributed by atoms with E-state index in [1.165, 1.54) is 6.26 Å². The van der Waals surface area contributed by atoms with Crippen LogP contribution < -0.4 is 10.9 Å². The smallest absolute Gasteiger partial charge is 0.261 e. The molecule has 0 aliphatic carbocycles. The van der Waals surface area contributed by atoms with Gasteiger partial charge in [-0.05, 0) is 36.6 Å². The highest BCUT2D eigenvalue weighted by Gasteiger charge is 2.35. The third-order valence-electron chi connectivity index (χ3n) is 6.78. The summed E-state index contributed by atoms with van der Waals surface area (Å²) < 4.78 is 22.9. The van der Waals surface area contributed by atoms with Gasteiger partial charge in [-0.15, -0.1) is 0 Å². The van der Waals surface area contributed by atoms with Crippen molar-refractivity contribution in [2.45, 2.75) is 25.4 Å². The van der Waals surface area contributed by atoms with Crippen LogP contribution in [0.1, 0.15) is 28.8 Å². The molecule has 0 radical (unpaired) electrons. The van der Waals surface area contributed by atoms with Crippen LogP contribution in [0.25, 0.3) is 22.4 Å². The number of likely N-dealkylation sites (tertiary alicyclic amines) is 1. The number of H-pyrrole nitrogens is 2. The summed E-state index contributed by atoms with van der Waals surface area (Å²) in [6.07, 6.45) is 4.50. The molecule has 5 rings (SSSR count). The summed E-state index contributed by atoms with van der Waals surface area (Å²) in [6.45, 7) is 2.65. The van der Waals surface area contributed by atoms with Gasteiger partial charge in [0.1, 0.15) is 21.2 Å². The maximum atomic E-state index is 13.2. The quantitative estimate of drug-likeness (QED) is 0.482. The lowest BCUT2D eigenvalue weighted by atomic mass is 10.0. The van der Waals surface area contributed by atoms with Crippen molar-refractivity contribution in [1.29, 1.82) is 0 Å². The number of hydrogen-bond donors (Lipinski definition) is 3. The van der Waals surface area contributed by atoms with Crippen LogP contribution in [0.3, 0.4) is 0 Å². The summed E-state index contributed by atoms with van der Waals surface area (Å²) in [7, 11) is -1.23. The molecule has 0 spiro atoms. The molecule has 0 unspecified atom stereocenters. The van der Waals surface area contributed by atoms with Gasteiger partial charge in [-0.1, -0.05) is 0 Å². The number of hydrogen-bond acceptors (Lipinski definition) is 7. The summed E-state index contributed by atoms with van der Waals surface area (Å²) >= 11 is 0. The Morgan fingerprint density at radius 2 is 1.97 bits per heavy atom. The SMILES string of the molecule is CNc1cc[nH]c(=O)c1-c1nc2cc3c(cc2[nH]1)CN(C1CCN(CCS(C)(=O)=O)CC1)C3=O. The Hall–Kier alpha value is -3.18. The molecule has 10 nitrogen and oxygen atoms in total. The first kappa shape index (κ1) is 22.6. The van der Waals surface area contributed by atoms with Gasteiger partial charge in [0.05, 0.1) is 22.5 Å². The van der Waals surface area contributed by atoms with Crippen molar-refractivity contribution in [1.82, 2.24) is 24.8 Å². The van der Waals surface area contributed by atoms with E-state index in [0.717, 1.165) is 37.0 Å². The van der Waals surface area contributed by atoms with E-state index in [-0.39, 0.29) is 23.3 Å². The van der Waals surface area contributed by atoms with E-state index in [1.54, 1.807) is 19.3 Å². The highest BCUT2D eigenvalue weighted by Crippen LogP contribution is 2.32. The highest BCUT2D eigenvalue weighted by molar-refractivity contribution is 7.90. The lowest BCUT2D eigenvalue weighted by Gasteiger charge is -2.36. The zero-order valence-electron chi connectivity index (χ0n) is 19.2. The first-order valence-corrected chi connectivity index (χ1v) is 13.4. The van der Waals surface area contributed by atoms with Crippen LogP contribution in [0, 0.1) is 0 Å². The van der Waals surface area contributed by atoms with Gasteiger partial charge in [-0.25, -0.2) is 13.4 Å². The lowest BCUT2D eigenvalue weighted by molar-refractivity contribution is 0.0603. The Balaban J connectivity index is 1.34. The number of fused-ring (bicyclic) bond motifs is 2. The summed E-state index contributed by atoms with van der Waals surface area (Å²) in [4.78, 5) is 40.3. The fourth-order valence-electron chi connectivity index (χ4n) is 4.93. The number of piperidine rings is 1. The Morgan fingerprint density at radius 3 is 2.68 bits per heavy atom. The first-order valence-electron chi connectivity index (χ1n) is 11.4. The fourth-order valence-corrected chi connectivity index (χ4v) is 5.52. The van der Waals surface area contributed by atoms with Crippen molar-refractivity contribution >= 4 is 32.5 Å². The van der Waals surface area contributed by atoms with Gasteiger partial charge in [-0.2, -0.15) is 0 Å². The standard InChI is InChI=1S/C23H28N6O4S/c1-24-17-3-6-25-22(30)20(17)21-26-18-11-14-13-29(23(31)16(14)12-19(18)27-21)15-4-7-28(8-5-15)9-10-34(2,32)33/h3,6,11-12,15H,4-5,7-10,13H2,1-2H3,(H,26,27)(H2,24,25,30). The van der Waals surface area contributed by atoms with Crippen LogP contribution in [0.5, 0.6) is 0 Å². The largest absolute Gasteiger partial charge is 0.387 e. The van der Waals surface area contributed by atoms with Gasteiger partial charge in [-0.3, -0.25) is 9.59 Å². The molecule has 180 valence electrons. The summed E-state index contributed by atoms with van der Waals surface area (Å²) in [5.74, 6) is 0.623. The summed E-state index contributed by atoms with van der Waals surface area (Å²) in [5.41, 5.74) is 3.87. The normalized spacial score (nSPS) is 17.5. The van der Waals surface area contributed by atoms with Crippen molar-refractivity contribution in [3.8, 4) is 11.4 Å². The molecule has 2 aliphatic rings. The molecule has 2 aromatic heterocycles. The van der Waals surface area contributed by atoms with E-state index in [4.69, 9.17) is 0 Å². The van der Waals surface area contributed by atoms with E-state index < -0.39 is 9.84 Å². The molecule has 34 heavy (non-hydrogen) atoms. The maximum absolute atomic E-state index is 13.2. The van der Waals surface area contributed by atoms with Crippen LogP contribution in [-0.4, -0.2) is 83.8 Å². The van der Waals surface area contributed by atoms with E-state index in [0.29, 0.717) is 41.2 Å². The fraction of sp³-hybridized carbons (Fsp3) is 0.435. The minimum absolute atomic E-state index is 0.00417. The number of anilines is 1. The molecule has 3 N–H and O–H groups in total. The Morgan fingerprint density at radius 1 is 1.21 bits per heavy atom. The molecule has 1 amide bonds. The lowest BCUT2D eigenvalue weighted by Crippen LogP contribution is -2.45. The Labute approximate surface area is 197 Å².